The third-order valence-electron chi connectivity index (χ3n) is 0. The van der Waals surface area contributed by atoms with Gasteiger partial charge in [-0.05, 0) is 0 Å². The fourth-order valence-corrected chi connectivity index (χ4v) is 0. The van der Waals surface area contributed by atoms with E-state index in [-0.39, 0.29) is 32.7 Å². The average Bonchev–Trinajstić information content (AvgIpc) is 0.722. The molecule has 0 aliphatic carbocycles. The summed E-state index contributed by atoms with van der Waals surface area (Å²) in [6, 6.07) is 0. The molecule has 0 aliphatic rings. The monoisotopic (exact) mass is 178 g/mol. The Morgan fingerprint density at radius 1 is 1.00 bits per heavy atom. The fourth-order valence-electron chi connectivity index (χ4n) is 0. The van der Waals surface area contributed by atoms with Gasteiger partial charge in [0.15, 0.2) is 0 Å². The van der Waals surface area contributed by atoms with Crippen LogP contribution >= 0.6 is 0 Å². The molecule has 0 radical (unpaired) electrons. The minimum Gasteiger partial charge on any atom is -2.00 e. The van der Waals surface area contributed by atoms with Crippen molar-refractivity contribution in [2.45, 2.75) is 0 Å². The van der Waals surface area contributed by atoms with Crippen LogP contribution in [0.15, 0.2) is 0 Å². The van der Waals surface area contributed by atoms with E-state index in [1.165, 1.54) is 0 Å². The molecule has 0 heterocycles. The molecule has 8 heteroatoms. The van der Waals surface area contributed by atoms with E-state index < -0.39 is 10.4 Å². The normalized spacial score (nSPS) is 7.25. The quantitative estimate of drug-likeness (QED) is 0.367. The van der Waals surface area contributed by atoms with Crippen LogP contribution in [0.4, 0.5) is 0 Å². The standard InChI is InChI=1S/H2O4S.2O.Ti/c1-5(2,3)4;;;/h(H2,1,2,3,4);;;/q;2*-2;+4. The second-order valence-electron chi connectivity index (χ2n) is 0.448. The molecule has 8 heavy (non-hydrogen) atoms. The van der Waals surface area contributed by atoms with E-state index in [2.05, 4.69) is 0 Å². The summed E-state index contributed by atoms with van der Waals surface area (Å²) in [5.41, 5.74) is 0. The first-order valence-corrected chi connectivity index (χ1v) is 2.10. The zero-order valence-electron chi connectivity index (χ0n) is 3.44. The molecule has 0 saturated heterocycles. The summed E-state index contributed by atoms with van der Waals surface area (Å²) >= 11 is 0. The molecule has 6 nitrogen and oxygen atoms in total. The van der Waals surface area contributed by atoms with Gasteiger partial charge in [0.2, 0.25) is 0 Å². The third kappa shape index (κ3) is 775. The van der Waals surface area contributed by atoms with Crippen LogP contribution in [0.1, 0.15) is 0 Å². The van der Waals surface area contributed by atoms with Gasteiger partial charge in [-0.2, -0.15) is 8.42 Å². The van der Waals surface area contributed by atoms with Gasteiger partial charge in [0, 0.05) is 0 Å². The summed E-state index contributed by atoms with van der Waals surface area (Å²) in [6.07, 6.45) is 0. The SMILES string of the molecule is O=S(=O)(O)O.[O-2].[O-2].[Ti+4]. The second kappa shape index (κ2) is 7.50. The van der Waals surface area contributed by atoms with E-state index in [9.17, 15) is 0 Å². The first kappa shape index (κ1) is 23.6. The fraction of sp³-hybridized carbons (Fsp3) is 0. The zero-order chi connectivity index (χ0) is 4.50. The Balaban J connectivity index is -0.0000000267. The van der Waals surface area contributed by atoms with Crippen LogP contribution in [0.5, 0.6) is 0 Å². The topological polar surface area (TPSA) is 132 Å². The molecule has 0 atom stereocenters. The van der Waals surface area contributed by atoms with Crippen LogP contribution in [0.25, 0.3) is 0 Å². The second-order valence-corrected chi connectivity index (χ2v) is 1.34. The van der Waals surface area contributed by atoms with E-state index >= 15 is 0 Å². The molecule has 0 saturated carbocycles. The van der Waals surface area contributed by atoms with E-state index in [0.717, 1.165) is 0 Å². The summed E-state index contributed by atoms with van der Waals surface area (Å²) in [7, 11) is -4.67. The molecule has 0 bridgehead atoms. The molecule has 0 spiro atoms. The average molecular weight is 178 g/mol. The van der Waals surface area contributed by atoms with E-state index in [0.29, 0.717) is 0 Å². The molecule has 0 rings (SSSR count). The molecule has 48 valence electrons. The summed E-state index contributed by atoms with van der Waals surface area (Å²) in [5.74, 6) is 0. The first-order valence-electron chi connectivity index (χ1n) is 0.698. The predicted molar refractivity (Wildman–Crippen MR) is 15.6 cm³/mol. The Morgan fingerprint density at radius 2 is 1.00 bits per heavy atom. The predicted octanol–water partition coefficient (Wildman–Crippen LogP) is -0.893. The molecule has 0 amide bonds. The Kier molecular flexibility index (Phi) is 22.1. The molecule has 0 fully saturated rings. The van der Waals surface area contributed by atoms with Crippen LogP contribution in [0.2, 0.25) is 0 Å². The Hall–Kier alpha value is 0.504. The number of rotatable bonds is 0. The van der Waals surface area contributed by atoms with Crippen molar-refractivity contribution in [1.82, 2.24) is 0 Å². The van der Waals surface area contributed by atoms with Crippen molar-refractivity contribution >= 4 is 10.4 Å². The molecule has 0 aliphatic heterocycles. The maximum atomic E-state index is 8.74. The first-order chi connectivity index (χ1) is 2.00. The van der Waals surface area contributed by atoms with E-state index in [1.807, 2.05) is 0 Å². The van der Waals surface area contributed by atoms with Gasteiger partial charge in [-0.1, -0.05) is 0 Å². The molecule has 0 aromatic rings. The maximum Gasteiger partial charge on any atom is 4.00 e. The molecular weight excluding hydrogens is 176 g/mol. The molecule has 0 aromatic carbocycles. The van der Waals surface area contributed by atoms with Crippen molar-refractivity contribution < 1.29 is 50.2 Å². The van der Waals surface area contributed by atoms with Gasteiger partial charge >= 0.3 is 32.1 Å². The summed E-state index contributed by atoms with van der Waals surface area (Å²) < 4.78 is 31.6. The Labute approximate surface area is 61.0 Å². The minimum absolute atomic E-state index is 0. The van der Waals surface area contributed by atoms with Gasteiger partial charge in [0.1, 0.15) is 0 Å². The van der Waals surface area contributed by atoms with Crippen molar-refractivity contribution in [3.8, 4) is 0 Å². The van der Waals surface area contributed by atoms with Gasteiger partial charge in [-0.15, -0.1) is 0 Å². The van der Waals surface area contributed by atoms with Crippen LogP contribution in [0.3, 0.4) is 0 Å². The van der Waals surface area contributed by atoms with Gasteiger partial charge in [0.25, 0.3) is 0 Å². The van der Waals surface area contributed by atoms with Gasteiger partial charge in [-0.25, -0.2) is 0 Å². The zero-order valence-corrected chi connectivity index (χ0v) is 5.81. The van der Waals surface area contributed by atoms with Gasteiger partial charge < -0.3 is 11.0 Å². The number of hydrogen-bond acceptors (Lipinski definition) is 2. The van der Waals surface area contributed by atoms with E-state index in [1.54, 1.807) is 0 Å². The summed E-state index contributed by atoms with van der Waals surface area (Å²) in [6.45, 7) is 0. The Bertz CT molecular complexity index is 91.7. The van der Waals surface area contributed by atoms with Crippen molar-refractivity contribution in [3.63, 3.8) is 0 Å². The van der Waals surface area contributed by atoms with Crippen molar-refractivity contribution in [2.24, 2.45) is 0 Å². The van der Waals surface area contributed by atoms with Crippen LogP contribution in [-0.4, -0.2) is 17.5 Å². The van der Waals surface area contributed by atoms with Crippen molar-refractivity contribution in [1.29, 1.82) is 0 Å². The molecular formula is H2O6STi. The van der Waals surface area contributed by atoms with Gasteiger partial charge in [0.05, 0.1) is 0 Å². The molecule has 0 aromatic heterocycles. The van der Waals surface area contributed by atoms with Crippen LogP contribution in [0, 0.1) is 0 Å². The van der Waals surface area contributed by atoms with Crippen LogP contribution < -0.4 is 0 Å². The maximum absolute atomic E-state index is 8.74. The van der Waals surface area contributed by atoms with E-state index in [4.69, 9.17) is 17.5 Å². The Morgan fingerprint density at radius 3 is 1.00 bits per heavy atom. The smallest absolute Gasteiger partial charge is 2.00 e. The molecule has 2 N–H and O–H groups in total. The summed E-state index contributed by atoms with van der Waals surface area (Å²) in [4.78, 5) is 0. The minimum atomic E-state index is -4.67. The van der Waals surface area contributed by atoms with Crippen molar-refractivity contribution in [2.75, 3.05) is 0 Å². The van der Waals surface area contributed by atoms with Crippen molar-refractivity contribution in [3.05, 3.63) is 0 Å². The third-order valence-corrected chi connectivity index (χ3v) is 0. The number of hydrogen-bond donors (Lipinski definition) is 2. The van der Waals surface area contributed by atoms with Gasteiger partial charge in [-0.3, -0.25) is 9.11 Å². The van der Waals surface area contributed by atoms with Crippen LogP contribution in [-0.2, 0) is 43.1 Å². The largest absolute Gasteiger partial charge is 4.00 e. The summed E-state index contributed by atoms with van der Waals surface area (Å²) in [5, 5.41) is 0. The molecule has 0 unspecified atom stereocenters.